The number of hydrogen-bond acceptors (Lipinski definition) is 4. The van der Waals surface area contributed by atoms with Crippen LogP contribution in [-0.4, -0.2) is 43.6 Å². The second-order valence-corrected chi connectivity index (χ2v) is 8.74. The highest BCUT2D eigenvalue weighted by molar-refractivity contribution is 6.30. The Labute approximate surface area is 197 Å². The van der Waals surface area contributed by atoms with Gasteiger partial charge in [0, 0.05) is 60.4 Å². The summed E-state index contributed by atoms with van der Waals surface area (Å²) in [5, 5.41) is 4.91. The molecule has 0 N–H and O–H groups in total. The van der Waals surface area contributed by atoms with Crippen LogP contribution in [0.15, 0.2) is 79.3 Å². The maximum atomic E-state index is 13.1. The van der Waals surface area contributed by atoms with Gasteiger partial charge in [0.2, 0.25) is 0 Å². The first kappa shape index (κ1) is 21.3. The van der Waals surface area contributed by atoms with Crippen LogP contribution >= 0.6 is 11.6 Å². The minimum Gasteiger partial charge on any atom is -0.338 e. The minimum atomic E-state index is 0.0107. The number of benzene rings is 1. The lowest BCUT2D eigenvalue weighted by atomic mass is 9.93. The topological polar surface area (TPSA) is 63.9 Å². The third kappa shape index (κ3) is 4.96. The lowest BCUT2D eigenvalue weighted by molar-refractivity contribution is 0.0705. The Balaban J connectivity index is 1.27. The van der Waals surface area contributed by atoms with Crippen molar-refractivity contribution in [1.29, 1.82) is 0 Å². The number of rotatable bonds is 5. The monoisotopic (exact) mass is 457 g/mol. The van der Waals surface area contributed by atoms with E-state index in [0.717, 1.165) is 42.2 Å². The number of halogens is 1. The van der Waals surface area contributed by atoms with E-state index in [0.29, 0.717) is 17.9 Å². The fourth-order valence-electron chi connectivity index (χ4n) is 4.27. The summed E-state index contributed by atoms with van der Waals surface area (Å²) in [5.41, 5.74) is 3.84. The van der Waals surface area contributed by atoms with Crippen LogP contribution < -0.4 is 0 Å². The average molecular weight is 458 g/mol. The molecule has 4 heterocycles. The molecule has 3 aromatic heterocycles. The molecule has 1 amide bonds. The van der Waals surface area contributed by atoms with Gasteiger partial charge >= 0.3 is 0 Å². The average Bonchev–Trinajstić information content (AvgIpc) is 3.41. The van der Waals surface area contributed by atoms with Gasteiger partial charge in [0.1, 0.15) is 0 Å². The van der Waals surface area contributed by atoms with Gasteiger partial charge < -0.3 is 4.90 Å². The molecule has 7 heteroatoms. The summed E-state index contributed by atoms with van der Waals surface area (Å²) in [4.78, 5) is 24.4. The highest BCUT2D eigenvalue weighted by atomic mass is 35.5. The number of carbonyl (C=O) groups is 1. The van der Waals surface area contributed by atoms with Crippen LogP contribution in [0, 0.1) is 0 Å². The number of likely N-dealkylation sites (tertiary alicyclic amines) is 1. The molecule has 1 fully saturated rings. The van der Waals surface area contributed by atoms with E-state index in [1.807, 2.05) is 53.6 Å². The quantitative estimate of drug-likeness (QED) is 0.426. The highest BCUT2D eigenvalue weighted by Gasteiger charge is 2.26. The van der Waals surface area contributed by atoms with Crippen LogP contribution in [0.4, 0.5) is 0 Å². The Morgan fingerprint density at radius 3 is 2.70 bits per heavy atom. The number of pyridine rings is 2. The first-order chi connectivity index (χ1) is 16.2. The highest BCUT2D eigenvalue weighted by Crippen LogP contribution is 2.27. The predicted molar refractivity (Wildman–Crippen MR) is 128 cm³/mol. The number of amides is 1. The summed E-state index contributed by atoms with van der Waals surface area (Å²) in [6.07, 6.45) is 7.90. The molecular weight excluding hydrogens is 434 g/mol. The number of nitrogens with zero attached hydrogens (tertiary/aromatic N) is 5. The van der Waals surface area contributed by atoms with Gasteiger partial charge in [-0.1, -0.05) is 29.8 Å². The smallest absolute Gasteiger partial charge is 0.255 e. The van der Waals surface area contributed by atoms with E-state index in [4.69, 9.17) is 16.6 Å². The maximum absolute atomic E-state index is 13.1. The molecule has 0 unspecified atom stereocenters. The fourth-order valence-corrected chi connectivity index (χ4v) is 4.40. The van der Waals surface area contributed by atoms with Crippen LogP contribution in [0.5, 0.6) is 0 Å². The Bertz CT molecular complexity index is 1220. The van der Waals surface area contributed by atoms with E-state index in [9.17, 15) is 4.79 Å². The molecule has 0 radical (unpaired) electrons. The summed E-state index contributed by atoms with van der Waals surface area (Å²) in [6.45, 7) is 1.41. The van der Waals surface area contributed by atoms with Crippen molar-refractivity contribution >= 4 is 17.5 Å². The van der Waals surface area contributed by atoms with Crippen LogP contribution in [-0.2, 0) is 6.42 Å². The lowest BCUT2D eigenvalue weighted by Gasteiger charge is -2.32. The Morgan fingerprint density at radius 2 is 1.94 bits per heavy atom. The number of piperidine rings is 1. The zero-order valence-electron chi connectivity index (χ0n) is 18.1. The molecule has 0 saturated carbocycles. The first-order valence-electron chi connectivity index (χ1n) is 11.1. The summed E-state index contributed by atoms with van der Waals surface area (Å²) in [5.74, 6) is 0.926. The Morgan fingerprint density at radius 1 is 1.06 bits per heavy atom. The summed E-state index contributed by atoms with van der Waals surface area (Å²) in [6, 6.07) is 19.5. The molecule has 166 valence electrons. The molecule has 0 aliphatic carbocycles. The van der Waals surface area contributed by atoms with Crippen LogP contribution in [0.3, 0.4) is 0 Å². The predicted octanol–water partition coefficient (Wildman–Crippen LogP) is 4.93. The number of carbonyl (C=O) groups excluding carboxylic acids is 1. The van der Waals surface area contributed by atoms with Gasteiger partial charge in [0.15, 0.2) is 5.82 Å². The molecule has 5 rings (SSSR count). The van der Waals surface area contributed by atoms with Gasteiger partial charge in [-0.15, -0.1) is 0 Å². The fraction of sp³-hybridized carbons (Fsp3) is 0.231. The van der Waals surface area contributed by atoms with Gasteiger partial charge in [-0.05, 0) is 60.9 Å². The largest absolute Gasteiger partial charge is 0.338 e. The van der Waals surface area contributed by atoms with E-state index < -0.39 is 0 Å². The zero-order valence-corrected chi connectivity index (χ0v) is 18.9. The van der Waals surface area contributed by atoms with E-state index in [-0.39, 0.29) is 11.8 Å². The van der Waals surface area contributed by atoms with Crippen molar-refractivity contribution in [2.75, 3.05) is 13.1 Å². The van der Waals surface area contributed by atoms with Crippen LogP contribution in [0.25, 0.3) is 5.82 Å². The SMILES string of the molecule is O=C(c1ccc(-n2cccn2)nc1)N1CCC[C@@H](c2cccc(Cc3ccc(Cl)cc3)n2)C1. The van der Waals surface area contributed by atoms with Crippen LogP contribution in [0.1, 0.15) is 46.1 Å². The second-order valence-electron chi connectivity index (χ2n) is 8.30. The Kier molecular flexibility index (Phi) is 6.17. The van der Waals surface area contributed by atoms with E-state index in [1.54, 1.807) is 17.1 Å². The molecule has 1 atom stereocenters. The van der Waals surface area contributed by atoms with Crippen molar-refractivity contribution < 1.29 is 4.79 Å². The Hall–Kier alpha value is -3.51. The van der Waals surface area contributed by atoms with Gasteiger partial charge in [-0.3, -0.25) is 9.78 Å². The van der Waals surface area contributed by atoms with E-state index >= 15 is 0 Å². The van der Waals surface area contributed by atoms with Crippen molar-refractivity contribution in [2.45, 2.75) is 25.2 Å². The van der Waals surface area contributed by atoms with Crippen molar-refractivity contribution in [3.8, 4) is 5.82 Å². The van der Waals surface area contributed by atoms with E-state index in [1.165, 1.54) is 5.56 Å². The summed E-state index contributed by atoms with van der Waals surface area (Å²) >= 11 is 6.00. The number of hydrogen-bond donors (Lipinski definition) is 0. The minimum absolute atomic E-state index is 0.0107. The van der Waals surface area contributed by atoms with Crippen molar-refractivity contribution in [2.24, 2.45) is 0 Å². The van der Waals surface area contributed by atoms with Gasteiger partial charge in [0.25, 0.3) is 5.91 Å². The molecule has 0 bridgehead atoms. The molecule has 1 aliphatic rings. The molecule has 4 aromatic rings. The molecule has 1 saturated heterocycles. The molecule has 1 aromatic carbocycles. The van der Waals surface area contributed by atoms with Gasteiger partial charge in [-0.25, -0.2) is 9.67 Å². The normalized spacial score (nSPS) is 16.0. The first-order valence-corrected chi connectivity index (χ1v) is 11.5. The maximum Gasteiger partial charge on any atom is 0.255 e. The molecule has 1 aliphatic heterocycles. The molecular formula is C26H24ClN5O. The molecule has 33 heavy (non-hydrogen) atoms. The van der Waals surface area contributed by atoms with E-state index in [2.05, 4.69) is 28.3 Å². The third-order valence-electron chi connectivity index (χ3n) is 5.99. The third-order valence-corrected chi connectivity index (χ3v) is 6.24. The van der Waals surface area contributed by atoms with Crippen molar-refractivity contribution in [3.63, 3.8) is 0 Å². The second kappa shape index (κ2) is 9.55. The zero-order chi connectivity index (χ0) is 22.6. The summed E-state index contributed by atoms with van der Waals surface area (Å²) < 4.78 is 1.67. The molecule has 0 spiro atoms. The van der Waals surface area contributed by atoms with Crippen LogP contribution in [0.2, 0.25) is 5.02 Å². The molecule has 6 nitrogen and oxygen atoms in total. The standard InChI is InChI=1S/C26H24ClN5O/c27-22-10-7-19(8-11-22)16-23-5-1-6-24(30-23)21-4-2-14-31(18-21)26(33)20-9-12-25(28-17-20)32-15-3-13-29-32/h1,3,5-13,15,17,21H,2,4,14,16,18H2/t21-/m1/s1. The van der Waals surface area contributed by atoms with Crippen molar-refractivity contribution in [3.05, 3.63) is 107 Å². The van der Waals surface area contributed by atoms with Gasteiger partial charge in [-0.2, -0.15) is 5.10 Å². The number of aromatic nitrogens is 4. The van der Waals surface area contributed by atoms with Crippen molar-refractivity contribution in [1.82, 2.24) is 24.6 Å². The van der Waals surface area contributed by atoms with Gasteiger partial charge in [0.05, 0.1) is 5.56 Å². The lowest BCUT2D eigenvalue weighted by Crippen LogP contribution is -2.39. The summed E-state index contributed by atoms with van der Waals surface area (Å²) in [7, 11) is 0.